The van der Waals surface area contributed by atoms with E-state index in [1.807, 2.05) is 32.0 Å². The lowest BCUT2D eigenvalue weighted by atomic mass is 10.1. The lowest BCUT2D eigenvalue weighted by Crippen LogP contribution is -2.08. The van der Waals surface area contributed by atoms with Gasteiger partial charge in [-0.2, -0.15) is 0 Å². The standard InChI is InChI=1S/C16H19NO3/c1-10-4-6-14(16(8-10)20-3)17-11(2)13-9-12(18)5-7-15(13)19/h4-9,11,17-19H,1-3H3. The molecule has 0 aromatic heterocycles. The van der Waals surface area contributed by atoms with E-state index in [1.54, 1.807) is 13.2 Å². The van der Waals surface area contributed by atoms with Crippen LogP contribution in [0.2, 0.25) is 0 Å². The maximum absolute atomic E-state index is 9.87. The number of ether oxygens (including phenoxy) is 1. The molecule has 0 saturated carbocycles. The molecular formula is C16H19NO3. The number of phenols is 2. The van der Waals surface area contributed by atoms with Crippen LogP contribution < -0.4 is 10.1 Å². The summed E-state index contributed by atoms with van der Waals surface area (Å²) in [6, 6.07) is 10.2. The molecule has 2 rings (SSSR count). The number of hydrogen-bond donors (Lipinski definition) is 3. The van der Waals surface area contributed by atoms with E-state index in [4.69, 9.17) is 4.74 Å². The van der Waals surface area contributed by atoms with Crippen LogP contribution in [0.3, 0.4) is 0 Å². The van der Waals surface area contributed by atoms with Gasteiger partial charge in [-0.05, 0) is 49.7 Å². The Bertz CT molecular complexity index is 611. The average molecular weight is 273 g/mol. The van der Waals surface area contributed by atoms with Gasteiger partial charge in [0.05, 0.1) is 18.8 Å². The summed E-state index contributed by atoms with van der Waals surface area (Å²) in [6.07, 6.45) is 0. The van der Waals surface area contributed by atoms with Crippen molar-refractivity contribution in [1.29, 1.82) is 0 Å². The highest BCUT2D eigenvalue weighted by Crippen LogP contribution is 2.33. The highest BCUT2D eigenvalue weighted by atomic mass is 16.5. The number of aryl methyl sites for hydroxylation is 1. The minimum atomic E-state index is -0.168. The maximum atomic E-state index is 9.87. The summed E-state index contributed by atoms with van der Waals surface area (Å²) in [5.74, 6) is 1.02. The van der Waals surface area contributed by atoms with Crippen molar-refractivity contribution in [2.24, 2.45) is 0 Å². The highest BCUT2D eigenvalue weighted by Gasteiger charge is 2.13. The normalized spacial score (nSPS) is 11.9. The number of anilines is 1. The molecule has 0 bridgehead atoms. The fourth-order valence-electron chi connectivity index (χ4n) is 2.12. The molecule has 20 heavy (non-hydrogen) atoms. The van der Waals surface area contributed by atoms with Crippen LogP contribution in [-0.4, -0.2) is 17.3 Å². The summed E-state index contributed by atoms with van der Waals surface area (Å²) < 4.78 is 5.34. The van der Waals surface area contributed by atoms with Gasteiger partial charge in [-0.1, -0.05) is 6.07 Å². The van der Waals surface area contributed by atoms with Gasteiger partial charge >= 0.3 is 0 Å². The van der Waals surface area contributed by atoms with E-state index in [1.165, 1.54) is 12.1 Å². The quantitative estimate of drug-likeness (QED) is 0.745. The molecule has 0 aliphatic heterocycles. The second-order valence-corrected chi connectivity index (χ2v) is 4.81. The van der Waals surface area contributed by atoms with Crippen LogP contribution in [0.4, 0.5) is 5.69 Å². The first-order valence-electron chi connectivity index (χ1n) is 6.44. The van der Waals surface area contributed by atoms with Crippen LogP contribution in [0.15, 0.2) is 36.4 Å². The molecule has 0 radical (unpaired) electrons. The highest BCUT2D eigenvalue weighted by molar-refractivity contribution is 5.59. The molecule has 2 aromatic carbocycles. The molecule has 1 atom stereocenters. The van der Waals surface area contributed by atoms with Crippen molar-refractivity contribution in [2.45, 2.75) is 19.9 Å². The average Bonchev–Trinajstić information content (AvgIpc) is 2.43. The van der Waals surface area contributed by atoms with Crippen LogP contribution in [0.25, 0.3) is 0 Å². The van der Waals surface area contributed by atoms with E-state index in [9.17, 15) is 10.2 Å². The van der Waals surface area contributed by atoms with Gasteiger partial charge in [0.1, 0.15) is 17.2 Å². The zero-order valence-electron chi connectivity index (χ0n) is 11.8. The summed E-state index contributed by atoms with van der Waals surface area (Å²) in [5.41, 5.74) is 2.58. The Kier molecular flexibility index (Phi) is 4.03. The van der Waals surface area contributed by atoms with Crippen LogP contribution in [0.1, 0.15) is 24.1 Å². The number of nitrogens with one attached hydrogen (secondary N) is 1. The van der Waals surface area contributed by atoms with Gasteiger partial charge in [0.25, 0.3) is 0 Å². The van der Waals surface area contributed by atoms with E-state index in [0.717, 1.165) is 17.0 Å². The van der Waals surface area contributed by atoms with E-state index < -0.39 is 0 Å². The van der Waals surface area contributed by atoms with E-state index >= 15 is 0 Å². The molecule has 3 N–H and O–H groups in total. The topological polar surface area (TPSA) is 61.7 Å². The molecule has 0 saturated heterocycles. The molecule has 0 amide bonds. The Morgan fingerprint density at radius 3 is 2.55 bits per heavy atom. The third-order valence-corrected chi connectivity index (χ3v) is 3.21. The molecule has 0 fully saturated rings. The molecule has 4 nitrogen and oxygen atoms in total. The summed E-state index contributed by atoms with van der Waals surface area (Å²) in [6.45, 7) is 3.91. The Morgan fingerprint density at radius 1 is 1.10 bits per heavy atom. The van der Waals surface area contributed by atoms with Crippen LogP contribution in [-0.2, 0) is 0 Å². The number of phenolic OH excluding ortho intramolecular Hbond substituents is 2. The van der Waals surface area contributed by atoms with Crippen molar-refractivity contribution < 1.29 is 14.9 Å². The van der Waals surface area contributed by atoms with Gasteiger partial charge in [-0.25, -0.2) is 0 Å². The van der Waals surface area contributed by atoms with Crippen LogP contribution in [0, 0.1) is 6.92 Å². The largest absolute Gasteiger partial charge is 0.508 e. The first kappa shape index (κ1) is 14.1. The number of benzene rings is 2. The Labute approximate surface area is 118 Å². The van der Waals surface area contributed by atoms with Crippen LogP contribution >= 0.6 is 0 Å². The van der Waals surface area contributed by atoms with E-state index in [-0.39, 0.29) is 17.5 Å². The van der Waals surface area contributed by atoms with E-state index in [0.29, 0.717) is 5.56 Å². The molecular weight excluding hydrogens is 254 g/mol. The lowest BCUT2D eigenvalue weighted by molar-refractivity contribution is 0.415. The predicted molar refractivity (Wildman–Crippen MR) is 79.5 cm³/mol. The maximum Gasteiger partial charge on any atom is 0.142 e. The smallest absolute Gasteiger partial charge is 0.142 e. The Morgan fingerprint density at radius 2 is 1.85 bits per heavy atom. The van der Waals surface area contributed by atoms with Crippen molar-refractivity contribution in [3.05, 3.63) is 47.5 Å². The van der Waals surface area contributed by atoms with Crippen molar-refractivity contribution in [2.75, 3.05) is 12.4 Å². The molecule has 0 aliphatic rings. The fourth-order valence-corrected chi connectivity index (χ4v) is 2.12. The zero-order valence-corrected chi connectivity index (χ0v) is 11.8. The second kappa shape index (κ2) is 5.74. The molecule has 4 heteroatoms. The summed E-state index contributed by atoms with van der Waals surface area (Å²) >= 11 is 0. The summed E-state index contributed by atoms with van der Waals surface area (Å²) in [7, 11) is 1.62. The molecule has 1 unspecified atom stereocenters. The molecule has 106 valence electrons. The van der Waals surface area contributed by atoms with Gasteiger partial charge in [-0.15, -0.1) is 0 Å². The van der Waals surface area contributed by atoms with Crippen molar-refractivity contribution in [3.63, 3.8) is 0 Å². The van der Waals surface area contributed by atoms with Crippen molar-refractivity contribution in [1.82, 2.24) is 0 Å². The SMILES string of the molecule is COc1cc(C)ccc1NC(C)c1cc(O)ccc1O. The third-order valence-electron chi connectivity index (χ3n) is 3.21. The number of methoxy groups -OCH3 is 1. The lowest BCUT2D eigenvalue weighted by Gasteiger charge is -2.19. The van der Waals surface area contributed by atoms with Gasteiger partial charge in [0, 0.05) is 5.56 Å². The van der Waals surface area contributed by atoms with Crippen molar-refractivity contribution >= 4 is 5.69 Å². The summed E-state index contributed by atoms with van der Waals surface area (Å²) in [4.78, 5) is 0. The predicted octanol–water partition coefficient (Wildman–Crippen LogP) is 3.59. The van der Waals surface area contributed by atoms with Crippen LogP contribution in [0.5, 0.6) is 17.2 Å². The number of hydrogen-bond acceptors (Lipinski definition) is 4. The Hall–Kier alpha value is -2.36. The van der Waals surface area contributed by atoms with Gasteiger partial charge in [-0.3, -0.25) is 0 Å². The zero-order chi connectivity index (χ0) is 14.7. The van der Waals surface area contributed by atoms with Gasteiger partial charge in [0.15, 0.2) is 0 Å². The fraction of sp³-hybridized carbons (Fsp3) is 0.250. The van der Waals surface area contributed by atoms with Gasteiger partial charge < -0.3 is 20.3 Å². The first-order chi connectivity index (χ1) is 9.51. The number of rotatable bonds is 4. The van der Waals surface area contributed by atoms with Gasteiger partial charge in [0.2, 0.25) is 0 Å². The first-order valence-corrected chi connectivity index (χ1v) is 6.44. The molecule has 0 spiro atoms. The molecule has 2 aromatic rings. The molecule has 0 heterocycles. The third kappa shape index (κ3) is 2.96. The monoisotopic (exact) mass is 273 g/mol. The van der Waals surface area contributed by atoms with Crippen molar-refractivity contribution in [3.8, 4) is 17.2 Å². The summed E-state index contributed by atoms with van der Waals surface area (Å²) in [5, 5.41) is 22.7. The van der Waals surface area contributed by atoms with E-state index in [2.05, 4.69) is 5.32 Å². The minimum absolute atomic E-state index is 0.127. The minimum Gasteiger partial charge on any atom is -0.508 e. The second-order valence-electron chi connectivity index (χ2n) is 4.81. The molecule has 0 aliphatic carbocycles. The Balaban J connectivity index is 2.27. The number of aromatic hydroxyl groups is 2.